The Morgan fingerprint density at radius 1 is 0.879 bits per heavy atom. The van der Waals surface area contributed by atoms with Gasteiger partial charge in [0.2, 0.25) is 0 Å². The fourth-order valence-corrected chi connectivity index (χ4v) is 7.13. The average Bonchev–Trinajstić information content (AvgIpc) is 3.71. The second kappa shape index (κ2) is 9.71. The fraction of sp³-hybridized carbons (Fsp3) is 0.536. The van der Waals surface area contributed by atoms with Gasteiger partial charge in [-0.2, -0.15) is 0 Å². The van der Waals surface area contributed by atoms with Gasteiger partial charge in [-0.3, -0.25) is 9.69 Å². The van der Waals surface area contributed by atoms with Crippen LogP contribution < -0.4 is 0 Å². The number of hydrogen-bond acceptors (Lipinski definition) is 4. The van der Waals surface area contributed by atoms with E-state index in [1.807, 2.05) is 12.1 Å². The molecule has 2 atom stereocenters. The lowest BCUT2D eigenvalue weighted by Crippen LogP contribution is -2.33. The lowest BCUT2D eigenvalue weighted by Gasteiger charge is -2.32. The number of benzene rings is 2. The van der Waals surface area contributed by atoms with E-state index in [4.69, 9.17) is 0 Å². The summed E-state index contributed by atoms with van der Waals surface area (Å²) in [6, 6.07) is 19.2. The largest absolute Gasteiger partial charge is 0.299 e. The Morgan fingerprint density at radius 2 is 1.55 bits per heavy atom. The van der Waals surface area contributed by atoms with Gasteiger partial charge in [0.05, 0.1) is 5.25 Å². The first-order chi connectivity index (χ1) is 16.0. The molecule has 0 radical (unpaired) electrons. The second-order valence-electron chi connectivity index (χ2n) is 10.5. The van der Waals surface area contributed by atoms with Crippen molar-refractivity contribution in [1.82, 2.24) is 4.90 Å². The summed E-state index contributed by atoms with van der Waals surface area (Å²) in [5, 5.41) is -0.262. The van der Waals surface area contributed by atoms with Gasteiger partial charge in [0.1, 0.15) is 5.75 Å². The zero-order valence-corrected chi connectivity index (χ0v) is 20.2. The van der Waals surface area contributed by atoms with Crippen molar-refractivity contribution in [2.45, 2.75) is 62.7 Å². The maximum Gasteiger partial charge on any atom is 0.160 e. The topological polar surface area (TPSA) is 54.5 Å². The summed E-state index contributed by atoms with van der Waals surface area (Å²) in [6.45, 7) is 3.27. The van der Waals surface area contributed by atoms with Crippen molar-refractivity contribution >= 4 is 15.6 Å². The molecular formula is C28H35NO3S. The Balaban J connectivity index is 1.03. The third-order valence-electron chi connectivity index (χ3n) is 7.72. The van der Waals surface area contributed by atoms with E-state index in [0.717, 1.165) is 55.8 Å². The lowest BCUT2D eigenvalue weighted by atomic mass is 9.90. The number of carbonyl (C=O) groups excluding carboxylic acids is 1. The molecule has 5 rings (SSSR count). The number of piperidine rings is 1. The zero-order chi connectivity index (χ0) is 22.8. The lowest BCUT2D eigenvalue weighted by molar-refractivity contribution is -0.116. The van der Waals surface area contributed by atoms with E-state index in [0.29, 0.717) is 0 Å². The van der Waals surface area contributed by atoms with E-state index in [-0.39, 0.29) is 23.2 Å². The van der Waals surface area contributed by atoms with Crippen LogP contribution in [-0.2, 0) is 27.6 Å². The Bertz CT molecular complexity index is 1050. The minimum Gasteiger partial charge on any atom is -0.299 e. The van der Waals surface area contributed by atoms with E-state index in [2.05, 4.69) is 47.4 Å². The smallest absolute Gasteiger partial charge is 0.160 e. The van der Waals surface area contributed by atoms with Crippen molar-refractivity contribution in [1.29, 1.82) is 0 Å². The molecule has 2 aliphatic carbocycles. The minimum atomic E-state index is -3.22. The van der Waals surface area contributed by atoms with Gasteiger partial charge in [-0.1, -0.05) is 54.6 Å². The standard InChI is InChI=1S/C28H35NO3S/c30-26(20-33(31,32)27-10-11-27)17-21-6-8-23(9-7-21)19-29-14-12-22(13-15-29)16-25-18-28(25)24-4-2-1-3-5-24/h1-9,22,25,27-28H,10-20H2/t25-,28+/m1/s1. The summed E-state index contributed by atoms with van der Waals surface area (Å²) in [5.74, 6) is 2.05. The predicted molar refractivity (Wildman–Crippen MR) is 132 cm³/mol. The van der Waals surface area contributed by atoms with E-state index in [1.54, 1.807) is 0 Å². The first-order valence-electron chi connectivity index (χ1n) is 12.5. The van der Waals surface area contributed by atoms with Crippen LogP contribution >= 0.6 is 0 Å². The molecule has 3 fully saturated rings. The van der Waals surface area contributed by atoms with Crippen LogP contribution in [0, 0.1) is 11.8 Å². The molecule has 4 nitrogen and oxygen atoms in total. The summed E-state index contributed by atoms with van der Waals surface area (Å²) in [5.41, 5.74) is 3.70. The van der Waals surface area contributed by atoms with Crippen LogP contribution in [0.5, 0.6) is 0 Å². The normalized spacial score (nSPS) is 24.0. The Morgan fingerprint density at radius 3 is 2.21 bits per heavy atom. The molecule has 1 aliphatic heterocycles. The monoisotopic (exact) mass is 465 g/mol. The molecular weight excluding hydrogens is 430 g/mol. The van der Waals surface area contributed by atoms with Crippen molar-refractivity contribution in [3.05, 3.63) is 71.3 Å². The Kier molecular flexibility index (Phi) is 6.71. The van der Waals surface area contributed by atoms with Crippen LogP contribution in [0.15, 0.2) is 54.6 Å². The summed E-state index contributed by atoms with van der Waals surface area (Å²) in [4.78, 5) is 14.7. The fourth-order valence-electron chi connectivity index (χ4n) is 5.49. The number of ketones is 1. The molecule has 176 valence electrons. The zero-order valence-electron chi connectivity index (χ0n) is 19.4. The summed E-state index contributed by atoms with van der Waals surface area (Å²) in [6.07, 6.45) is 6.98. The highest BCUT2D eigenvalue weighted by Crippen LogP contribution is 2.51. The third kappa shape index (κ3) is 6.13. The predicted octanol–water partition coefficient (Wildman–Crippen LogP) is 4.78. The number of rotatable bonds is 10. The van der Waals surface area contributed by atoms with Gasteiger partial charge in [0, 0.05) is 13.0 Å². The van der Waals surface area contributed by atoms with Crippen LogP contribution in [0.3, 0.4) is 0 Å². The highest BCUT2D eigenvalue weighted by atomic mass is 32.2. The summed E-state index contributed by atoms with van der Waals surface area (Å²) < 4.78 is 24.0. The van der Waals surface area contributed by atoms with Gasteiger partial charge >= 0.3 is 0 Å². The molecule has 0 bridgehead atoms. The molecule has 3 aliphatic rings. The molecule has 0 aromatic heterocycles. The van der Waals surface area contributed by atoms with Gasteiger partial charge in [0.15, 0.2) is 15.6 Å². The molecule has 2 aromatic rings. The number of nitrogens with zero attached hydrogens (tertiary/aromatic N) is 1. The quantitative estimate of drug-likeness (QED) is 0.507. The van der Waals surface area contributed by atoms with Crippen molar-refractivity contribution in [2.24, 2.45) is 11.8 Å². The number of carbonyl (C=O) groups is 1. The number of hydrogen-bond donors (Lipinski definition) is 0. The van der Waals surface area contributed by atoms with E-state index < -0.39 is 9.84 Å². The highest BCUT2D eigenvalue weighted by Gasteiger charge is 2.39. The maximum atomic E-state index is 12.2. The van der Waals surface area contributed by atoms with Crippen LogP contribution in [0.1, 0.15) is 61.1 Å². The van der Waals surface area contributed by atoms with Gasteiger partial charge < -0.3 is 0 Å². The van der Waals surface area contributed by atoms with Gasteiger partial charge in [-0.15, -0.1) is 0 Å². The van der Waals surface area contributed by atoms with Crippen LogP contribution in [0.2, 0.25) is 0 Å². The summed E-state index contributed by atoms with van der Waals surface area (Å²) in [7, 11) is -3.22. The van der Waals surface area contributed by atoms with Crippen molar-refractivity contribution in [2.75, 3.05) is 18.8 Å². The van der Waals surface area contributed by atoms with E-state index >= 15 is 0 Å². The van der Waals surface area contributed by atoms with E-state index in [1.165, 1.54) is 36.8 Å². The molecule has 33 heavy (non-hydrogen) atoms. The van der Waals surface area contributed by atoms with Crippen molar-refractivity contribution < 1.29 is 13.2 Å². The first-order valence-corrected chi connectivity index (χ1v) is 14.3. The van der Waals surface area contributed by atoms with Gasteiger partial charge in [-0.25, -0.2) is 8.42 Å². The number of Topliss-reactive ketones (excluding diaryl/α,β-unsaturated/α-hetero) is 1. The van der Waals surface area contributed by atoms with Crippen LogP contribution in [0.4, 0.5) is 0 Å². The van der Waals surface area contributed by atoms with E-state index in [9.17, 15) is 13.2 Å². The molecule has 0 amide bonds. The molecule has 5 heteroatoms. The maximum absolute atomic E-state index is 12.2. The van der Waals surface area contributed by atoms with Crippen molar-refractivity contribution in [3.63, 3.8) is 0 Å². The highest BCUT2D eigenvalue weighted by molar-refractivity contribution is 7.93. The molecule has 2 saturated carbocycles. The van der Waals surface area contributed by atoms with Gasteiger partial charge in [-0.05, 0) is 86.1 Å². The molecule has 1 heterocycles. The second-order valence-corrected chi connectivity index (χ2v) is 12.8. The Labute approximate surface area is 198 Å². The first kappa shape index (κ1) is 22.8. The van der Waals surface area contributed by atoms with Gasteiger partial charge in [0.25, 0.3) is 0 Å². The molecule has 0 unspecified atom stereocenters. The number of sulfone groups is 1. The molecule has 0 spiro atoms. The molecule has 2 aromatic carbocycles. The number of likely N-dealkylation sites (tertiary alicyclic amines) is 1. The van der Waals surface area contributed by atoms with Crippen molar-refractivity contribution in [3.8, 4) is 0 Å². The summed E-state index contributed by atoms with van der Waals surface area (Å²) >= 11 is 0. The minimum absolute atomic E-state index is 0.193. The molecule has 1 saturated heterocycles. The average molecular weight is 466 g/mol. The molecule has 0 N–H and O–H groups in total. The van der Waals surface area contributed by atoms with Crippen LogP contribution in [-0.4, -0.2) is 43.2 Å². The SMILES string of the molecule is O=C(Cc1ccc(CN2CCC(C[C@@H]3C[C@H]3c3ccccc3)CC2)cc1)CS(=O)(=O)C1CC1. The Hall–Kier alpha value is -1.98. The third-order valence-corrected chi connectivity index (χ3v) is 9.93. The van der Waals surface area contributed by atoms with Crippen LogP contribution in [0.25, 0.3) is 0 Å².